The Morgan fingerprint density at radius 1 is 0.923 bits per heavy atom. The van der Waals surface area contributed by atoms with Crippen LogP contribution in [0.4, 0.5) is 20.6 Å². The average Bonchev–Trinajstić information content (AvgIpc) is 2.78. The van der Waals surface area contributed by atoms with Crippen molar-refractivity contribution >= 4 is 23.3 Å². The molecule has 0 aromatic heterocycles. The van der Waals surface area contributed by atoms with E-state index in [9.17, 15) is 19.1 Å². The Morgan fingerprint density at radius 2 is 1.41 bits per heavy atom. The highest BCUT2D eigenvalue weighted by Crippen LogP contribution is 2.59. The Bertz CT molecular complexity index is 1250. The number of nitrogens with one attached hydrogen (secondary N) is 1. The van der Waals surface area contributed by atoms with Gasteiger partial charge in [-0.1, -0.05) is 41.5 Å². The molecule has 4 N–H and O–H groups in total. The van der Waals surface area contributed by atoms with Gasteiger partial charge in [-0.15, -0.1) is 0 Å². The highest BCUT2D eigenvalue weighted by Gasteiger charge is 2.55. The van der Waals surface area contributed by atoms with Crippen LogP contribution in [0.1, 0.15) is 102 Å². The van der Waals surface area contributed by atoms with Gasteiger partial charge < -0.3 is 16.2 Å². The van der Waals surface area contributed by atoms with Crippen LogP contribution in [0.3, 0.4) is 0 Å². The maximum absolute atomic E-state index is 14.6. The summed E-state index contributed by atoms with van der Waals surface area (Å²) in [4.78, 5) is 28.5. The van der Waals surface area contributed by atoms with Crippen LogP contribution in [-0.4, -0.2) is 22.6 Å². The first-order valence-electron chi connectivity index (χ1n) is 14.2. The SMILES string of the molecule is CC(C)(C)c1cc(C(=O)Nc2cc(F)ccc2N(C(N)=O)C23CC4CC(CC(C4)C2)C3)cc(C(C)(C)C)c1O. The number of benzene rings is 2. The molecule has 0 spiro atoms. The monoisotopic (exact) mass is 535 g/mol. The van der Waals surface area contributed by atoms with Gasteiger partial charge in [-0.3, -0.25) is 9.69 Å². The van der Waals surface area contributed by atoms with E-state index in [0.29, 0.717) is 40.1 Å². The summed E-state index contributed by atoms with van der Waals surface area (Å²) in [6, 6.07) is 6.96. The van der Waals surface area contributed by atoms with Gasteiger partial charge in [-0.2, -0.15) is 0 Å². The van der Waals surface area contributed by atoms with Gasteiger partial charge in [0.05, 0.1) is 16.9 Å². The van der Waals surface area contributed by atoms with Crippen molar-refractivity contribution in [2.24, 2.45) is 23.5 Å². The smallest absolute Gasteiger partial charge is 0.319 e. The lowest BCUT2D eigenvalue weighted by molar-refractivity contribution is -0.000173. The predicted octanol–water partition coefficient (Wildman–Crippen LogP) is 7.23. The van der Waals surface area contributed by atoms with Gasteiger partial charge in [0.25, 0.3) is 5.91 Å². The van der Waals surface area contributed by atoms with E-state index < -0.39 is 34.1 Å². The van der Waals surface area contributed by atoms with Gasteiger partial charge in [0, 0.05) is 16.7 Å². The number of rotatable bonds is 4. The molecular weight excluding hydrogens is 493 g/mol. The normalized spacial score (nSPS) is 26.0. The van der Waals surface area contributed by atoms with Crippen LogP contribution in [0.5, 0.6) is 5.75 Å². The van der Waals surface area contributed by atoms with Crippen LogP contribution in [0.15, 0.2) is 30.3 Å². The zero-order chi connectivity index (χ0) is 28.5. The van der Waals surface area contributed by atoms with E-state index in [2.05, 4.69) is 5.32 Å². The highest BCUT2D eigenvalue weighted by molar-refractivity contribution is 6.08. The van der Waals surface area contributed by atoms with Crippen molar-refractivity contribution in [3.63, 3.8) is 0 Å². The van der Waals surface area contributed by atoms with E-state index in [1.165, 1.54) is 31.4 Å². The Labute approximate surface area is 231 Å². The van der Waals surface area contributed by atoms with Gasteiger partial charge in [-0.25, -0.2) is 9.18 Å². The molecule has 0 heterocycles. The van der Waals surface area contributed by atoms with Crippen LogP contribution < -0.4 is 16.0 Å². The number of nitrogens with zero attached hydrogens (tertiary/aromatic N) is 1. The van der Waals surface area contributed by atoms with E-state index in [0.717, 1.165) is 19.3 Å². The first-order valence-corrected chi connectivity index (χ1v) is 14.2. The Hall–Kier alpha value is -3.09. The minimum Gasteiger partial charge on any atom is -0.507 e. The van der Waals surface area contributed by atoms with Crippen molar-refractivity contribution in [3.05, 3.63) is 52.8 Å². The molecule has 0 saturated heterocycles. The molecule has 4 saturated carbocycles. The summed E-state index contributed by atoms with van der Waals surface area (Å²) in [5.41, 5.74) is 7.15. The maximum atomic E-state index is 14.6. The second-order valence-corrected chi connectivity index (χ2v) is 14.4. The number of primary amides is 1. The number of aromatic hydroxyl groups is 1. The molecule has 0 unspecified atom stereocenters. The third-order valence-corrected chi connectivity index (χ3v) is 9.14. The number of nitrogens with two attached hydrogens (primary N) is 1. The summed E-state index contributed by atoms with van der Waals surface area (Å²) in [6.45, 7) is 11.9. The van der Waals surface area contributed by atoms with Crippen molar-refractivity contribution in [2.75, 3.05) is 10.2 Å². The van der Waals surface area contributed by atoms with Crippen LogP contribution in [-0.2, 0) is 10.8 Å². The van der Waals surface area contributed by atoms with Crippen molar-refractivity contribution < 1.29 is 19.1 Å². The number of urea groups is 1. The fourth-order valence-corrected chi connectivity index (χ4v) is 7.85. The Balaban J connectivity index is 1.55. The lowest BCUT2D eigenvalue weighted by Gasteiger charge is -2.60. The zero-order valence-corrected chi connectivity index (χ0v) is 24.0. The number of carbonyl (C=O) groups excluding carboxylic acids is 2. The summed E-state index contributed by atoms with van der Waals surface area (Å²) in [5, 5.41) is 14.0. The van der Waals surface area contributed by atoms with E-state index >= 15 is 0 Å². The third kappa shape index (κ3) is 5.01. The standard InChI is InChI=1S/C32H42FN3O3/c1-30(2,3)23-12-21(13-24(27(23)37)31(4,5)6)28(38)35-25-14-22(33)7-8-26(25)36(29(34)39)32-15-18-9-19(16-32)11-20(10-18)17-32/h7-8,12-14,18-20,37H,9-11,15-17H2,1-6H3,(H2,34,39)(H,35,38). The van der Waals surface area contributed by atoms with Gasteiger partial charge in [-0.05, 0) is 97.4 Å². The van der Waals surface area contributed by atoms with Crippen molar-refractivity contribution in [3.8, 4) is 5.75 Å². The molecule has 2 aromatic carbocycles. The van der Waals surface area contributed by atoms with Crippen LogP contribution >= 0.6 is 0 Å². The molecule has 4 aliphatic rings. The third-order valence-electron chi connectivity index (χ3n) is 9.14. The Kier molecular flexibility index (Phi) is 6.51. The molecule has 4 bridgehead atoms. The molecule has 4 aliphatic carbocycles. The molecule has 4 fully saturated rings. The first-order chi connectivity index (χ1) is 18.1. The average molecular weight is 536 g/mol. The lowest BCUT2D eigenvalue weighted by atomic mass is 9.52. The second-order valence-electron chi connectivity index (χ2n) is 14.4. The maximum Gasteiger partial charge on any atom is 0.319 e. The fourth-order valence-electron chi connectivity index (χ4n) is 7.85. The molecule has 3 amide bonds. The first kappa shape index (κ1) is 27.5. The number of amides is 3. The van der Waals surface area contributed by atoms with Crippen LogP contribution in [0.25, 0.3) is 0 Å². The van der Waals surface area contributed by atoms with Gasteiger partial charge in [0.1, 0.15) is 11.6 Å². The van der Waals surface area contributed by atoms with E-state index in [1.807, 2.05) is 41.5 Å². The van der Waals surface area contributed by atoms with Crippen LogP contribution in [0, 0.1) is 23.6 Å². The predicted molar refractivity (Wildman–Crippen MR) is 153 cm³/mol. The lowest BCUT2D eigenvalue weighted by Crippen LogP contribution is -2.63. The van der Waals surface area contributed by atoms with E-state index in [1.54, 1.807) is 23.1 Å². The topological polar surface area (TPSA) is 95.7 Å². The van der Waals surface area contributed by atoms with E-state index in [4.69, 9.17) is 5.73 Å². The molecule has 7 heteroatoms. The number of carbonyl (C=O) groups is 2. The summed E-state index contributed by atoms with van der Waals surface area (Å²) in [6.07, 6.45) is 6.25. The summed E-state index contributed by atoms with van der Waals surface area (Å²) >= 11 is 0. The number of hydrogen-bond acceptors (Lipinski definition) is 3. The van der Waals surface area contributed by atoms with Crippen LogP contribution in [0.2, 0.25) is 0 Å². The molecule has 0 aliphatic heterocycles. The summed E-state index contributed by atoms with van der Waals surface area (Å²) in [7, 11) is 0. The largest absolute Gasteiger partial charge is 0.507 e. The number of phenolic OH excluding ortho intramolecular Hbond substituents is 1. The summed E-state index contributed by atoms with van der Waals surface area (Å²) < 4.78 is 14.6. The molecule has 0 radical (unpaired) electrons. The molecule has 39 heavy (non-hydrogen) atoms. The molecule has 6 nitrogen and oxygen atoms in total. The molecule has 210 valence electrons. The molecule has 0 atom stereocenters. The number of hydrogen-bond donors (Lipinski definition) is 3. The number of phenols is 1. The van der Waals surface area contributed by atoms with Gasteiger partial charge >= 0.3 is 6.03 Å². The minimum absolute atomic E-state index is 0.180. The van der Waals surface area contributed by atoms with Crippen molar-refractivity contribution in [1.82, 2.24) is 0 Å². The minimum atomic E-state index is -0.575. The molecule has 6 rings (SSSR count). The Morgan fingerprint density at radius 3 is 1.85 bits per heavy atom. The van der Waals surface area contributed by atoms with Gasteiger partial charge in [0.2, 0.25) is 0 Å². The quantitative estimate of drug-likeness (QED) is 0.385. The van der Waals surface area contributed by atoms with Crippen molar-refractivity contribution in [1.29, 1.82) is 0 Å². The molecular formula is C32H42FN3O3. The van der Waals surface area contributed by atoms with Crippen molar-refractivity contribution in [2.45, 2.75) is 96.4 Å². The van der Waals surface area contributed by atoms with E-state index in [-0.39, 0.29) is 11.4 Å². The zero-order valence-electron chi connectivity index (χ0n) is 24.0. The second kappa shape index (κ2) is 9.24. The fraction of sp³-hybridized carbons (Fsp3) is 0.562. The number of anilines is 2. The highest BCUT2D eigenvalue weighted by atomic mass is 19.1. The molecule has 2 aromatic rings. The summed E-state index contributed by atoms with van der Waals surface area (Å²) in [5.74, 6) is 0.939. The number of halogens is 1. The van der Waals surface area contributed by atoms with Gasteiger partial charge in [0.15, 0.2) is 0 Å².